The third-order valence-corrected chi connectivity index (χ3v) is 3.00. The summed E-state index contributed by atoms with van der Waals surface area (Å²) in [5, 5.41) is 3.35. The number of nitrogens with two attached hydrogens (primary N) is 1. The molecule has 0 aliphatic carbocycles. The van der Waals surface area contributed by atoms with E-state index in [4.69, 9.17) is 10.2 Å². The van der Waals surface area contributed by atoms with E-state index in [0.29, 0.717) is 6.54 Å². The number of halogens is 1. The van der Waals surface area contributed by atoms with E-state index >= 15 is 0 Å². The molecule has 0 amide bonds. The minimum absolute atomic E-state index is 0.00185. The molecule has 0 spiro atoms. The van der Waals surface area contributed by atoms with E-state index in [-0.39, 0.29) is 6.04 Å². The fraction of sp³-hybridized carbons (Fsp3) is 0.231. The van der Waals surface area contributed by atoms with Crippen molar-refractivity contribution in [1.82, 2.24) is 0 Å². The van der Waals surface area contributed by atoms with Crippen LogP contribution in [0.4, 0.5) is 5.69 Å². The van der Waals surface area contributed by atoms with Gasteiger partial charge in [-0.15, -0.1) is 0 Å². The number of hydrogen-bond donors (Lipinski definition) is 2. The zero-order valence-corrected chi connectivity index (χ0v) is 11.2. The summed E-state index contributed by atoms with van der Waals surface area (Å²) in [4.78, 5) is 0. The molecule has 0 aliphatic heterocycles. The SMILES string of the molecule is Cc1ccc(C(CN)Nc2cccc(Br)c2)o1. The van der Waals surface area contributed by atoms with Crippen LogP contribution in [0.3, 0.4) is 0 Å². The Balaban J connectivity index is 2.15. The highest BCUT2D eigenvalue weighted by molar-refractivity contribution is 9.10. The first kappa shape index (κ1) is 12.2. The van der Waals surface area contributed by atoms with Gasteiger partial charge in [-0.3, -0.25) is 0 Å². The van der Waals surface area contributed by atoms with Gasteiger partial charge in [0.25, 0.3) is 0 Å². The van der Waals surface area contributed by atoms with Crippen molar-refractivity contribution in [2.24, 2.45) is 5.73 Å². The zero-order chi connectivity index (χ0) is 12.3. The monoisotopic (exact) mass is 294 g/mol. The van der Waals surface area contributed by atoms with Crippen LogP contribution in [0.15, 0.2) is 45.3 Å². The van der Waals surface area contributed by atoms with Crippen molar-refractivity contribution in [2.45, 2.75) is 13.0 Å². The Kier molecular flexibility index (Phi) is 3.86. The molecule has 3 N–H and O–H groups in total. The molecule has 1 heterocycles. The first-order chi connectivity index (χ1) is 8.19. The summed E-state index contributed by atoms with van der Waals surface area (Å²) in [7, 11) is 0. The van der Waals surface area contributed by atoms with Crippen LogP contribution in [0.2, 0.25) is 0 Å². The smallest absolute Gasteiger partial charge is 0.127 e. The highest BCUT2D eigenvalue weighted by Crippen LogP contribution is 2.22. The van der Waals surface area contributed by atoms with Crippen molar-refractivity contribution < 1.29 is 4.42 Å². The average Bonchev–Trinajstić information content (AvgIpc) is 2.73. The topological polar surface area (TPSA) is 51.2 Å². The summed E-state index contributed by atoms with van der Waals surface area (Å²) in [6, 6.07) is 11.9. The van der Waals surface area contributed by atoms with Crippen LogP contribution in [-0.4, -0.2) is 6.54 Å². The quantitative estimate of drug-likeness (QED) is 0.908. The predicted molar refractivity (Wildman–Crippen MR) is 73.0 cm³/mol. The van der Waals surface area contributed by atoms with Gasteiger partial charge in [0.2, 0.25) is 0 Å². The second-order valence-electron chi connectivity index (χ2n) is 3.89. The molecular weight excluding hydrogens is 280 g/mol. The van der Waals surface area contributed by atoms with Crippen LogP contribution >= 0.6 is 15.9 Å². The van der Waals surface area contributed by atoms with Crippen molar-refractivity contribution in [1.29, 1.82) is 0 Å². The summed E-state index contributed by atoms with van der Waals surface area (Å²) in [5.74, 6) is 1.76. The number of aryl methyl sites for hydroxylation is 1. The molecule has 17 heavy (non-hydrogen) atoms. The predicted octanol–water partition coefficient (Wildman–Crippen LogP) is 3.46. The second kappa shape index (κ2) is 5.38. The molecule has 4 heteroatoms. The lowest BCUT2D eigenvalue weighted by Crippen LogP contribution is -2.20. The van der Waals surface area contributed by atoms with E-state index in [2.05, 4.69) is 21.2 Å². The number of benzene rings is 1. The van der Waals surface area contributed by atoms with Gasteiger partial charge < -0.3 is 15.5 Å². The molecule has 3 nitrogen and oxygen atoms in total. The van der Waals surface area contributed by atoms with Crippen molar-refractivity contribution in [2.75, 3.05) is 11.9 Å². The molecule has 0 saturated carbocycles. The maximum Gasteiger partial charge on any atom is 0.127 e. The Labute approximate surface area is 109 Å². The van der Waals surface area contributed by atoms with Gasteiger partial charge in [0.1, 0.15) is 11.5 Å². The third-order valence-electron chi connectivity index (χ3n) is 2.51. The summed E-state index contributed by atoms with van der Waals surface area (Å²) in [6.45, 7) is 2.41. The lowest BCUT2D eigenvalue weighted by atomic mass is 10.2. The Hall–Kier alpha value is -1.26. The fourth-order valence-corrected chi connectivity index (χ4v) is 2.07. The molecular formula is C13H15BrN2O. The molecule has 2 rings (SSSR count). The lowest BCUT2D eigenvalue weighted by Gasteiger charge is -2.16. The van der Waals surface area contributed by atoms with Crippen LogP contribution in [-0.2, 0) is 0 Å². The van der Waals surface area contributed by atoms with Gasteiger partial charge in [-0.25, -0.2) is 0 Å². The highest BCUT2D eigenvalue weighted by atomic mass is 79.9. The Morgan fingerprint density at radius 2 is 2.18 bits per heavy atom. The molecule has 0 fully saturated rings. The lowest BCUT2D eigenvalue weighted by molar-refractivity contribution is 0.459. The van der Waals surface area contributed by atoms with Gasteiger partial charge in [0, 0.05) is 16.7 Å². The van der Waals surface area contributed by atoms with Gasteiger partial charge in [0.15, 0.2) is 0 Å². The first-order valence-corrected chi connectivity index (χ1v) is 6.27. The molecule has 1 aromatic carbocycles. The van der Waals surface area contributed by atoms with E-state index in [0.717, 1.165) is 21.7 Å². The molecule has 0 bridgehead atoms. The molecule has 1 unspecified atom stereocenters. The van der Waals surface area contributed by atoms with Gasteiger partial charge in [0.05, 0.1) is 6.04 Å². The maximum absolute atomic E-state index is 5.77. The van der Waals surface area contributed by atoms with E-state index in [1.807, 2.05) is 43.3 Å². The number of furan rings is 1. The van der Waals surface area contributed by atoms with Crippen molar-refractivity contribution in [3.05, 3.63) is 52.4 Å². The molecule has 2 aromatic rings. The maximum atomic E-state index is 5.77. The summed E-state index contributed by atoms with van der Waals surface area (Å²) >= 11 is 3.44. The van der Waals surface area contributed by atoms with Crippen LogP contribution in [0.1, 0.15) is 17.6 Å². The molecule has 90 valence electrons. The van der Waals surface area contributed by atoms with Crippen LogP contribution in [0, 0.1) is 6.92 Å². The van der Waals surface area contributed by atoms with E-state index in [1.54, 1.807) is 0 Å². The normalized spacial score (nSPS) is 12.4. The highest BCUT2D eigenvalue weighted by Gasteiger charge is 2.13. The minimum Gasteiger partial charge on any atom is -0.464 e. The number of anilines is 1. The number of rotatable bonds is 4. The van der Waals surface area contributed by atoms with Gasteiger partial charge in [-0.05, 0) is 37.3 Å². The zero-order valence-electron chi connectivity index (χ0n) is 9.61. The summed E-state index contributed by atoms with van der Waals surface area (Å²) < 4.78 is 6.62. The van der Waals surface area contributed by atoms with E-state index in [9.17, 15) is 0 Å². The number of nitrogens with one attached hydrogen (secondary N) is 1. The molecule has 1 aromatic heterocycles. The summed E-state index contributed by atoms with van der Waals surface area (Å²) in [6.07, 6.45) is 0. The Morgan fingerprint density at radius 1 is 1.35 bits per heavy atom. The summed E-state index contributed by atoms with van der Waals surface area (Å²) in [5.41, 5.74) is 6.78. The average molecular weight is 295 g/mol. The van der Waals surface area contributed by atoms with Crippen molar-refractivity contribution in [3.8, 4) is 0 Å². The van der Waals surface area contributed by atoms with E-state index in [1.165, 1.54) is 0 Å². The van der Waals surface area contributed by atoms with Gasteiger partial charge in [-0.1, -0.05) is 22.0 Å². The number of hydrogen-bond acceptors (Lipinski definition) is 3. The second-order valence-corrected chi connectivity index (χ2v) is 4.81. The molecule has 1 atom stereocenters. The molecule has 0 radical (unpaired) electrons. The van der Waals surface area contributed by atoms with Crippen LogP contribution in [0.5, 0.6) is 0 Å². The van der Waals surface area contributed by atoms with E-state index < -0.39 is 0 Å². The standard InChI is InChI=1S/C13H15BrN2O/c1-9-5-6-13(17-9)12(8-15)16-11-4-2-3-10(14)7-11/h2-7,12,16H,8,15H2,1H3. The Bertz CT molecular complexity index is 496. The molecule has 0 saturated heterocycles. The fourth-order valence-electron chi connectivity index (χ4n) is 1.67. The Morgan fingerprint density at radius 3 is 2.76 bits per heavy atom. The van der Waals surface area contributed by atoms with Crippen molar-refractivity contribution in [3.63, 3.8) is 0 Å². The molecule has 0 aliphatic rings. The van der Waals surface area contributed by atoms with Gasteiger partial charge in [-0.2, -0.15) is 0 Å². The third kappa shape index (κ3) is 3.11. The van der Waals surface area contributed by atoms with Crippen LogP contribution in [0.25, 0.3) is 0 Å². The first-order valence-electron chi connectivity index (χ1n) is 5.47. The van der Waals surface area contributed by atoms with Crippen molar-refractivity contribution >= 4 is 21.6 Å². The van der Waals surface area contributed by atoms with Gasteiger partial charge >= 0.3 is 0 Å². The minimum atomic E-state index is -0.00185. The van der Waals surface area contributed by atoms with Crippen LogP contribution < -0.4 is 11.1 Å². The largest absolute Gasteiger partial charge is 0.464 e.